The summed E-state index contributed by atoms with van der Waals surface area (Å²) in [5, 5.41) is 9.11. The van der Waals surface area contributed by atoms with E-state index in [0.29, 0.717) is 12.4 Å². The van der Waals surface area contributed by atoms with Crippen LogP contribution in [0.1, 0.15) is 33.5 Å². The Morgan fingerprint density at radius 1 is 1.29 bits per heavy atom. The van der Waals surface area contributed by atoms with Gasteiger partial charge in [0.25, 0.3) is 0 Å². The van der Waals surface area contributed by atoms with E-state index in [-0.39, 0.29) is 5.56 Å². The highest BCUT2D eigenvalue weighted by atomic mass is 16.4. The number of aromatic nitrogens is 3. The molecule has 0 atom stereocenters. The number of aromatic carboxylic acids is 1. The Bertz CT molecular complexity index is 826. The number of rotatable bonds is 3. The Morgan fingerprint density at radius 2 is 2.05 bits per heavy atom. The number of benzene rings is 1. The number of nitrogens with zero attached hydrogens (tertiary/aromatic N) is 3. The Labute approximate surface area is 121 Å². The maximum absolute atomic E-state index is 11.1. The van der Waals surface area contributed by atoms with Crippen molar-refractivity contribution in [3.8, 4) is 0 Å². The maximum Gasteiger partial charge on any atom is 0.335 e. The summed E-state index contributed by atoms with van der Waals surface area (Å²) in [4.78, 5) is 19.9. The molecule has 0 bridgehead atoms. The lowest BCUT2D eigenvalue weighted by atomic mass is 10.2. The molecule has 0 aliphatic carbocycles. The second kappa shape index (κ2) is 4.73. The molecular weight excluding hydrogens is 270 g/mol. The number of hydrogen-bond acceptors (Lipinski definition) is 4. The molecule has 0 aliphatic heterocycles. The molecular formula is C15H15N3O3. The van der Waals surface area contributed by atoms with Crippen molar-refractivity contribution in [3.63, 3.8) is 0 Å². The third-order valence-electron chi connectivity index (χ3n) is 3.55. The third kappa shape index (κ3) is 2.29. The normalized spacial score (nSPS) is 11.2. The van der Waals surface area contributed by atoms with E-state index in [9.17, 15) is 4.79 Å². The van der Waals surface area contributed by atoms with E-state index in [4.69, 9.17) is 9.52 Å². The number of imidazole rings is 1. The summed E-state index contributed by atoms with van der Waals surface area (Å²) in [5.41, 5.74) is 2.63. The van der Waals surface area contributed by atoms with Gasteiger partial charge in [-0.25, -0.2) is 14.8 Å². The van der Waals surface area contributed by atoms with E-state index in [1.165, 1.54) is 0 Å². The molecule has 21 heavy (non-hydrogen) atoms. The summed E-state index contributed by atoms with van der Waals surface area (Å²) < 4.78 is 7.50. The molecule has 3 aromatic rings. The lowest BCUT2D eigenvalue weighted by molar-refractivity contribution is 0.0697. The number of carboxylic acids is 1. The lowest BCUT2D eigenvalue weighted by Gasteiger charge is -2.04. The molecule has 6 heteroatoms. The van der Waals surface area contributed by atoms with Crippen molar-refractivity contribution >= 4 is 17.0 Å². The van der Waals surface area contributed by atoms with Crippen molar-refractivity contribution in [2.75, 3.05) is 0 Å². The molecule has 0 unspecified atom stereocenters. The van der Waals surface area contributed by atoms with Crippen LogP contribution in [0.5, 0.6) is 0 Å². The Hall–Kier alpha value is -2.63. The molecule has 1 N–H and O–H groups in total. The van der Waals surface area contributed by atoms with Crippen LogP contribution < -0.4 is 0 Å². The van der Waals surface area contributed by atoms with Gasteiger partial charge in [0.2, 0.25) is 5.89 Å². The molecule has 2 heterocycles. The summed E-state index contributed by atoms with van der Waals surface area (Å²) in [7, 11) is 0. The highest BCUT2D eigenvalue weighted by molar-refractivity contribution is 5.92. The second-order valence-corrected chi connectivity index (χ2v) is 5.00. The van der Waals surface area contributed by atoms with E-state index in [2.05, 4.69) is 9.97 Å². The summed E-state index contributed by atoms with van der Waals surface area (Å²) in [6.07, 6.45) is 0. The number of oxazole rings is 1. The molecule has 108 valence electrons. The van der Waals surface area contributed by atoms with Crippen LogP contribution in [-0.2, 0) is 6.54 Å². The number of carbonyl (C=O) groups is 1. The molecule has 0 fully saturated rings. The predicted molar refractivity (Wildman–Crippen MR) is 76.5 cm³/mol. The smallest absolute Gasteiger partial charge is 0.335 e. The largest absolute Gasteiger partial charge is 0.478 e. The van der Waals surface area contributed by atoms with Gasteiger partial charge in [-0.3, -0.25) is 0 Å². The van der Waals surface area contributed by atoms with Gasteiger partial charge in [-0.2, -0.15) is 0 Å². The first-order valence-electron chi connectivity index (χ1n) is 6.59. The van der Waals surface area contributed by atoms with E-state index in [0.717, 1.165) is 28.3 Å². The van der Waals surface area contributed by atoms with Crippen molar-refractivity contribution in [3.05, 3.63) is 46.9 Å². The first kappa shape index (κ1) is 13.4. The molecule has 0 radical (unpaired) electrons. The van der Waals surface area contributed by atoms with Crippen LogP contribution >= 0.6 is 0 Å². The first-order valence-corrected chi connectivity index (χ1v) is 6.59. The molecule has 2 aromatic heterocycles. The van der Waals surface area contributed by atoms with Crippen LogP contribution in [0, 0.1) is 20.8 Å². The topological polar surface area (TPSA) is 81.2 Å². The van der Waals surface area contributed by atoms with Crippen molar-refractivity contribution in [2.24, 2.45) is 0 Å². The number of carboxylic acid groups (broad SMARTS) is 1. The van der Waals surface area contributed by atoms with Crippen LogP contribution in [0.3, 0.4) is 0 Å². The lowest BCUT2D eigenvalue weighted by Crippen LogP contribution is -2.03. The van der Waals surface area contributed by atoms with Gasteiger partial charge >= 0.3 is 5.97 Å². The number of hydrogen-bond donors (Lipinski definition) is 1. The van der Waals surface area contributed by atoms with Crippen molar-refractivity contribution < 1.29 is 14.3 Å². The van der Waals surface area contributed by atoms with E-state index in [1.54, 1.807) is 18.2 Å². The van der Waals surface area contributed by atoms with Crippen LogP contribution in [-0.4, -0.2) is 25.6 Å². The van der Waals surface area contributed by atoms with Crippen LogP contribution in [0.25, 0.3) is 11.0 Å². The van der Waals surface area contributed by atoms with Gasteiger partial charge in [0.15, 0.2) is 0 Å². The van der Waals surface area contributed by atoms with E-state index < -0.39 is 5.97 Å². The quantitative estimate of drug-likeness (QED) is 0.800. The number of fused-ring (bicyclic) bond motifs is 1. The van der Waals surface area contributed by atoms with Crippen molar-refractivity contribution in [1.29, 1.82) is 0 Å². The zero-order chi connectivity index (χ0) is 15.1. The van der Waals surface area contributed by atoms with Gasteiger partial charge < -0.3 is 14.1 Å². The average Bonchev–Trinajstić information content (AvgIpc) is 2.90. The van der Waals surface area contributed by atoms with Gasteiger partial charge in [-0.15, -0.1) is 0 Å². The van der Waals surface area contributed by atoms with E-state index in [1.807, 2.05) is 25.3 Å². The fourth-order valence-corrected chi connectivity index (χ4v) is 2.32. The minimum Gasteiger partial charge on any atom is -0.478 e. The van der Waals surface area contributed by atoms with Gasteiger partial charge in [0.1, 0.15) is 18.1 Å². The summed E-state index contributed by atoms with van der Waals surface area (Å²) in [6, 6.07) is 4.90. The third-order valence-corrected chi connectivity index (χ3v) is 3.55. The standard InChI is InChI=1S/C15H15N3O3/c1-8-9(2)21-14(16-8)7-18-10(3)17-12-5-4-11(15(19)20)6-13(12)18/h4-6H,7H2,1-3H3,(H,19,20). The van der Waals surface area contributed by atoms with Crippen LogP contribution in [0.2, 0.25) is 0 Å². The molecule has 0 saturated carbocycles. The van der Waals surface area contributed by atoms with Gasteiger partial charge in [0.05, 0.1) is 22.3 Å². The van der Waals surface area contributed by atoms with E-state index >= 15 is 0 Å². The molecule has 3 rings (SSSR count). The molecule has 1 aromatic carbocycles. The van der Waals surface area contributed by atoms with Gasteiger partial charge in [-0.1, -0.05) is 0 Å². The van der Waals surface area contributed by atoms with Gasteiger partial charge in [0, 0.05) is 0 Å². The molecule has 0 aliphatic rings. The fourth-order valence-electron chi connectivity index (χ4n) is 2.32. The Kier molecular flexibility index (Phi) is 3.01. The molecule has 0 saturated heterocycles. The maximum atomic E-state index is 11.1. The highest BCUT2D eigenvalue weighted by Crippen LogP contribution is 2.20. The summed E-state index contributed by atoms with van der Waals surface area (Å²) in [5.74, 6) is 1.22. The Morgan fingerprint density at radius 3 is 2.67 bits per heavy atom. The van der Waals surface area contributed by atoms with Gasteiger partial charge in [-0.05, 0) is 39.0 Å². The highest BCUT2D eigenvalue weighted by Gasteiger charge is 2.14. The summed E-state index contributed by atoms with van der Waals surface area (Å²) >= 11 is 0. The minimum absolute atomic E-state index is 0.239. The Balaban J connectivity index is 2.10. The second-order valence-electron chi connectivity index (χ2n) is 5.00. The molecule has 0 spiro atoms. The zero-order valence-corrected chi connectivity index (χ0v) is 12.0. The van der Waals surface area contributed by atoms with Crippen molar-refractivity contribution in [2.45, 2.75) is 27.3 Å². The summed E-state index contributed by atoms with van der Waals surface area (Å²) in [6.45, 7) is 6.07. The number of aryl methyl sites for hydroxylation is 3. The first-order chi connectivity index (χ1) is 9.95. The van der Waals surface area contributed by atoms with Crippen LogP contribution in [0.4, 0.5) is 0 Å². The molecule has 6 nitrogen and oxygen atoms in total. The predicted octanol–water partition coefficient (Wildman–Crippen LogP) is 2.70. The fraction of sp³-hybridized carbons (Fsp3) is 0.267. The molecule has 0 amide bonds. The SMILES string of the molecule is Cc1nc(Cn2c(C)nc3ccc(C(=O)O)cc32)oc1C. The van der Waals surface area contributed by atoms with Crippen molar-refractivity contribution in [1.82, 2.24) is 14.5 Å². The minimum atomic E-state index is -0.954. The van der Waals surface area contributed by atoms with Crippen LogP contribution in [0.15, 0.2) is 22.6 Å². The zero-order valence-electron chi connectivity index (χ0n) is 12.0. The monoisotopic (exact) mass is 285 g/mol. The average molecular weight is 285 g/mol.